The van der Waals surface area contributed by atoms with Crippen LogP contribution in [-0.2, 0) is 9.59 Å². The molecule has 0 radical (unpaired) electrons. The third-order valence-electron chi connectivity index (χ3n) is 3.44. The summed E-state index contributed by atoms with van der Waals surface area (Å²) in [5, 5.41) is 0. The van der Waals surface area contributed by atoms with Gasteiger partial charge in [0.05, 0.1) is 11.3 Å². The first-order chi connectivity index (χ1) is 5.68. The van der Waals surface area contributed by atoms with E-state index in [2.05, 4.69) is 0 Å². The summed E-state index contributed by atoms with van der Waals surface area (Å²) in [6, 6.07) is 0. The van der Waals surface area contributed by atoms with Gasteiger partial charge in [0.2, 0.25) is 0 Å². The molecule has 0 N–H and O–H groups in total. The molecular formula is C10H14O2. The summed E-state index contributed by atoms with van der Waals surface area (Å²) in [5.41, 5.74) is -0.488. The van der Waals surface area contributed by atoms with E-state index in [0.29, 0.717) is 0 Å². The van der Waals surface area contributed by atoms with Crippen molar-refractivity contribution in [2.24, 2.45) is 11.3 Å². The second-order valence-corrected chi connectivity index (χ2v) is 4.09. The highest BCUT2D eigenvalue weighted by Crippen LogP contribution is 2.48. The van der Waals surface area contributed by atoms with Crippen LogP contribution >= 0.6 is 0 Å². The van der Waals surface area contributed by atoms with Crippen LogP contribution in [0.1, 0.15) is 39.0 Å². The van der Waals surface area contributed by atoms with Crippen LogP contribution in [0.5, 0.6) is 0 Å². The molecule has 2 fully saturated rings. The van der Waals surface area contributed by atoms with Gasteiger partial charge in [0.1, 0.15) is 0 Å². The molecule has 2 aliphatic rings. The topological polar surface area (TPSA) is 34.1 Å². The zero-order chi connectivity index (χ0) is 8.77. The molecule has 2 nitrogen and oxygen atoms in total. The van der Waals surface area contributed by atoms with Crippen molar-refractivity contribution in [3.63, 3.8) is 0 Å². The lowest BCUT2D eigenvalue weighted by Crippen LogP contribution is -2.58. The second kappa shape index (κ2) is 2.41. The molecule has 0 unspecified atom stereocenters. The number of carbonyl (C=O) groups is 2. The van der Waals surface area contributed by atoms with E-state index in [-0.39, 0.29) is 17.5 Å². The van der Waals surface area contributed by atoms with E-state index in [9.17, 15) is 9.59 Å². The van der Waals surface area contributed by atoms with Crippen molar-refractivity contribution in [3.05, 3.63) is 0 Å². The van der Waals surface area contributed by atoms with Gasteiger partial charge in [0.15, 0.2) is 11.6 Å². The Bertz CT molecular complexity index is 218. The highest BCUT2D eigenvalue weighted by molar-refractivity contribution is 6.27. The van der Waals surface area contributed by atoms with Gasteiger partial charge in [-0.1, -0.05) is 19.3 Å². The average molecular weight is 166 g/mol. The van der Waals surface area contributed by atoms with E-state index in [4.69, 9.17) is 0 Å². The van der Waals surface area contributed by atoms with Crippen LogP contribution in [-0.4, -0.2) is 11.6 Å². The monoisotopic (exact) mass is 166 g/mol. The predicted octanol–water partition coefficient (Wildman–Crippen LogP) is 1.72. The molecule has 0 amide bonds. The molecule has 2 rings (SSSR count). The highest BCUT2D eigenvalue weighted by Gasteiger charge is 2.59. The summed E-state index contributed by atoms with van der Waals surface area (Å²) < 4.78 is 0. The molecule has 2 heteroatoms. The molecule has 0 aromatic carbocycles. The van der Waals surface area contributed by atoms with Crippen LogP contribution in [0.25, 0.3) is 0 Å². The number of carbonyl (C=O) groups excluding carboxylic acids is 2. The lowest BCUT2D eigenvalue weighted by Gasteiger charge is -2.45. The van der Waals surface area contributed by atoms with Crippen LogP contribution in [0.3, 0.4) is 0 Å². The van der Waals surface area contributed by atoms with E-state index < -0.39 is 5.41 Å². The Hall–Kier alpha value is -0.660. The van der Waals surface area contributed by atoms with Gasteiger partial charge in [-0.25, -0.2) is 0 Å². The molecule has 12 heavy (non-hydrogen) atoms. The number of hydrogen-bond donors (Lipinski definition) is 0. The predicted molar refractivity (Wildman–Crippen MR) is 44.7 cm³/mol. The average Bonchev–Trinajstić information content (AvgIpc) is 2.16. The zero-order valence-corrected chi connectivity index (χ0v) is 7.43. The first kappa shape index (κ1) is 7.96. The fourth-order valence-corrected chi connectivity index (χ4v) is 2.64. The minimum Gasteiger partial charge on any atom is -0.298 e. The number of hydrogen-bond acceptors (Lipinski definition) is 2. The fourth-order valence-electron chi connectivity index (χ4n) is 2.64. The number of Topliss-reactive ketones (excluding diaryl/α,β-unsaturated/α-hetero) is 2. The summed E-state index contributed by atoms with van der Waals surface area (Å²) in [6.45, 7) is 1.74. The van der Waals surface area contributed by atoms with Crippen molar-refractivity contribution in [1.29, 1.82) is 0 Å². The van der Waals surface area contributed by atoms with E-state index >= 15 is 0 Å². The minimum absolute atomic E-state index is 0.215. The van der Waals surface area contributed by atoms with Crippen molar-refractivity contribution in [1.82, 2.24) is 0 Å². The molecule has 2 saturated carbocycles. The molecular weight excluding hydrogens is 152 g/mol. The van der Waals surface area contributed by atoms with Gasteiger partial charge in [0, 0.05) is 0 Å². The molecule has 66 valence electrons. The molecule has 0 bridgehead atoms. The minimum atomic E-state index is -0.488. The first-order valence-electron chi connectivity index (χ1n) is 4.77. The Balaban J connectivity index is 2.21. The molecule has 1 spiro atoms. The van der Waals surface area contributed by atoms with Crippen molar-refractivity contribution in [3.8, 4) is 0 Å². The van der Waals surface area contributed by atoms with E-state index in [1.165, 1.54) is 6.42 Å². The Morgan fingerprint density at radius 1 is 1.08 bits per heavy atom. The van der Waals surface area contributed by atoms with Crippen LogP contribution < -0.4 is 0 Å². The Morgan fingerprint density at radius 2 is 1.58 bits per heavy atom. The smallest absolute Gasteiger partial charge is 0.156 e. The summed E-state index contributed by atoms with van der Waals surface area (Å²) >= 11 is 0. The maximum atomic E-state index is 11.5. The summed E-state index contributed by atoms with van der Waals surface area (Å²) in [6.07, 6.45) is 4.97. The quantitative estimate of drug-likeness (QED) is 0.513. The fraction of sp³-hybridized carbons (Fsp3) is 0.800. The van der Waals surface area contributed by atoms with Crippen LogP contribution in [0.15, 0.2) is 0 Å². The van der Waals surface area contributed by atoms with Crippen molar-refractivity contribution < 1.29 is 9.59 Å². The third-order valence-corrected chi connectivity index (χ3v) is 3.44. The van der Waals surface area contributed by atoms with Gasteiger partial charge >= 0.3 is 0 Å². The number of rotatable bonds is 0. The molecule has 0 aromatic heterocycles. The molecule has 0 aromatic rings. The van der Waals surface area contributed by atoms with Gasteiger partial charge in [-0.2, -0.15) is 0 Å². The maximum absolute atomic E-state index is 11.5. The largest absolute Gasteiger partial charge is 0.298 e. The van der Waals surface area contributed by atoms with E-state index in [1.54, 1.807) is 6.92 Å². The third kappa shape index (κ3) is 0.755. The lowest BCUT2D eigenvalue weighted by atomic mass is 9.54. The van der Waals surface area contributed by atoms with Gasteiger partial charge in [-0.3, -0.25) is 9.59 Å². The zero-order valence-electron chi connectivity index (χ0n) is 7.43. The molecule has 0 heterocycles. The first-order valence-corrected chi connectivity index (χ1v) is 4.77. The van der Waals surface area contributed by atoms with Crippen molar-refractivity contribution in [2.45, 2.75) is 39.0 Å². The molecule has 0 aliphatic heterocycles. The second-order valence-electron chi connectivity index (χ2n) is 4.09. The van der Waals surface area contributed by atoms with E-state index in [0.717, 1.165) is 25.7 Å². The van der Waals surface area contributed by atoms with Crippen molar-refractivity contribution >= 4 is 11.6 Å². The molecule has 0 saturated heterocycles. The van der Waals surface area contributed by atoms with Gasteiger partial charge < -0.3 is 0 Å². The lowest BCUT2D eigenvalue weighted by molar-refractivity contribution is -0.162. The summed E-state index contributed by atoms with van der Waals surface area (Å²) in [5.74, 6) is 0.141. The number of ketones is 2. The Labute approximate surface area is 72.3 Å². The van der Waals surface area contributed by atoms with E-state index in [1.807, 2.05) is 0 Å². The molecule has 0 atom stereocenters. The maximum Gasteiger partial charge on any atom is 0.156 e. The normalized spacial score (nSPS) is 29.1. The van der Waals surface area contributed by atoms with Crippen LogP contribution in [0, 0.1) is 11.3 Å². The molecule has 2 aliphatic carbocycles. The summed E-state index contributed by atoms with van der Waals surface area (Å²) in [7, 11) is 0. The van der Waals surface area contributed by atoms with Crippen LogP contribution in [0.2, 0.25) is 0 Å². The Morgan fingerprint density at radius 3 is 2.08 bits per heavy atom. The SMILES string of the molecule is CC1C(=O)C2(CCCCC2)C1=O. The summed E-state index contributed by atoms with van der Waals surface area (Å²) in [4.78, 5) is 23.1. The highest BCUT2D eigenvalue weighted by atomic mass is 16.2. The van der Waals surface area contributed by atoms with Gasteiger partial charge in [-0.05, 0) is 19.8 Å². The van der Waals surface area contributed by atoms with Crippen molar-refractivity contribution in [2.75, 3.05) is 0 Å². The Kier molecular flexibility index (Phi) is 1.60. The van der Waals surface area contributed by atoms with Gasteiger partial charge in [-0.15, -0.1) is 0 Å². The standard InChI is InChI=1S/C10H14O2/c1-7-8(11)10(9(7)12)5-3-2-4-6-10/h7H,2-6H2,1H3. The van der Waals surface area contributed by atoms with Crippen LogP contribution in [0.4, 0.5) is 0 Å². The van der Waals surface area contributed by atoms with Gasteiger partial charge in [0.25, 0.3) is 0 Å².